The molecule has 8 nitrogen and oxygen atoms in total. The highest BCUT2D eigenvalue weighted by Crippen LogP contribution is 2.38. The number of nitrogens with one attached hydrogen (secondary N) is 3. The highest BCUT2D eigenvalue weighted by Gasteiger charge is 2.35. The fraction of sp³-hybridized carbons (Fsp3) is 0.208. The van der Waals surface area contributed by atoms with Crippen LogP contribution in [0.3, 0.4) is 0 Å². The normalized spacial score (nSPS) is 16.5. The minimum Gasteiger partial charge on any atom is -0.354 e. The number of fused-ring (bicyclic) bond motifs is 2. The van der Waals surface area contributed by atoms with Crippen molar-refractivity contribution in [1.29, 1.82) is 0 Å². The van der Waals surface area contributed by atoms with Gasteiger partial charge < -0.3 is 25.4 Å². The van der Waals surface area contributed by atoms with Crippen molar-refractivity contribution in [2.24, 2.45) is 0 Å². The van der Waals surface area contributed by atoms with Crippen LogP contribution >= 0.6 is 11.6 Å². The molecule has 0 spiro atoms. The second-order valence-electron chi connectivity index (χ2n) is 8.22. The number of amides is 4. The summed E-state index contributed by atoms with van der Waals surface area (Å²) in [7, 11) is 1.48. The van der Waals surface area contributed by atoms with E-state index < -0.39 is 17.8 Å². The number of hydrogen-bond acceptors (Lipinski definition) is 3. The Morgan fingerprint density at radius 2 is 1.79 bits per heavy atom. The number of benzene rings is 2. The van der Waals surface area contributed by atoms with E-state index in [1.54, 1.807) is 4.90 Å². The lowest BCUT2D eigenvalue weighted by Crippen LogP contribution is -2.41. The molecule has 2 aliphatic rings. The summed E-state index contributed by atoms with van der Waals surface area (Å²) in [5.74, 6) is -1.31. The molecule has 2 aliphatic heterocycles. The van der Waals surface area contributed by atoms with Gasteiger partial charge in [-0.2, -0.15) is 0 Å². The molecule has 0 saturated carbocycles. The molecule has 4 amide bonds. The maximum Gasteiger partial charge on any atom is 0.322 e. The Hall–Kier alpha value is -3.85. The Balaban J connectivity index is 1.56. The van der Waals surface area contributed by atoms with E-state index in [0.717, 1.165) is 11.1 Å². The predicted molar refractivity (Wildman–Crippen MR) is 124 cm³/mol. The first-order valence-corrected chi connectivity index (χ1v) is 11.1. The van der Waals surface area contributed by atoms with Crippen LogP contribution in [0.1, 0.15) is 38.9 Å². The van der Waals surface area contributed by atoms with Gasteiger partial charge >= 0.3 is 6.03 Å². The molecule has 5 rings (SSSR count). The van der Waals surface area contributed by atoms with E-state index >= 15 is 0 Å². The standard InChI is InChI=1S/C24H21ClFN5O3/c1-27-23(33)19-9-18(28-24(34)30-10-13-4-2-3-5-14(13)11-30)22-21(29-20(32)12-31(19)22)16-8-15(26)6-7-17(16)25/h2-9,21H,10-12H2,1H3,(H,27,33)(H,28,34)(H,29,32). The van der Waals surface area contributed by atoms with Crippen molar-refractivity contribution in [3.8, 4) is 0 Å². The predicted octanol–water partition coefficient (Wildman–Crippen LogP) is 3.41. The van der Waals surface area contributed by atoms with E-state index in [9.17, 15) is 18.8 Å². The van der Waals surface area contributed by atoms with Gasteiger partial charge in [0.1, 0.15) is 18.1 Å². The first-order chi connectivity index (χ1) is 16.4. The summed E-state index contributed by atoms with van der Waals surface area (Å²) >= 11 is 6.35. The van der Waals surface area contributed by atoms with Gasteiger partial charge in [0.25, 0.3) is 5.91 Å². The van der Waals surface area contributed by atoms with Crippen molar-refractivity contribution >= 4 is 35.1 Å². The van der Waals surface area contributed by atoms with Crippen LogP contribution in [0.4, 0.5) is 14.9 Å². The van der Waals surface area contributed by atoms with Gasteiger partial charge in [-0.05, 0) is 35.4 Å². The Morgan fingerprint density at radius 1 is 1.09 bits per heavy atom. The Morgan fingerprint density at radius 3 is 2.47 bits per heavy atom. The third kappa shape index (κ3) is 3.77. The van der Waals surface area contributed by atoms with Gasteiger partial charge in [-0.25, -0.2) is 9.18 Å². The summed E-state index contributed by atoms with van der Waals surface area (Å²) in [6.45, 7) is 0.777. The average molecular weight is 482 g/mol. The van der Waals surface area contributed by atoms with Crippen molar-refractivity contribution in [1.82, 2.24) is 20.1 Å². The average Bonchev–Trinajstić information content (AvgIpc) is 3.41. The van der Waals surface area contributed by atoms with Gasteiger partial charge in [-0.3, -0.25) is 9.59 Å². The fourth-order valence-electron chi connectivity index (χ4n) is 4.51. The number of urea groups is 1. The molecule has 3 heterocycles. The zero-order valence-electron chi connectivity index (χ0n) is 18.2. The van der Waals surface area contributed by atoms with Crippen molar-refractivity contribution in [2.75, 3.05) is 12.4 Å². The van der Waals surface area contributed by atoms with Gasteiger partial charge in [0.05, 0.1) is 17.4 Å². The molecule has 0 fully saturated rings. The Bertz CT molecular complexity index is 1310. The molecule has 1 unspecified atom stereocenters. The number of hydrogen-bond donors (Lipinski definition) is 3. The topological polar surface area (TPSA) is 95.5 Å². The summed E-state index contributed by atoms with van der Waals surface area (Å²) < 4.78 is 15.6. The van der Waals surface area contributed by atoms with Gasteiger partial charge in [0, 0.05) is 30.7 Å². The molecule has 174 valence electrons. The maximum atomic E-state index is 14.1. The summed E-state index contributed by atoms with van der Waals surface area (Å²) in [4.78, 5) is 40.0. The molecule has 2 aromatic carbocycles. The van der Waals surface area contributed by atoms with Crippen LogP contribution in [0, 0.1) is 5.82 Å². The van der Waals surface area contributed by atoms with Crippen molar-refractivity contribution in [2.45, 2.75) is 25.7 Å². The number of nitrogens with zero attached hydrogens (tertiary/aromatic N) is 2. The van der Waals surface area contributed by atoms with Crippen LogP contribution in [0.25, 0.3) is 0 Å². The molecule has 1 atom stereocenters. The van der Waals surface area contributed by atoms with Crippen LogP contribution in [-0.4, -0.2) is 34.4 Å². The smallest absolute Gasteiger partial charge is 0.322 e. The number of aromatic nitrogens is 1. The quantitative estimate of drug-likeness (QED) is 0.535. The molecule has 0 aliphatic carbocycles. The number of halogens is 2. The zero-order valence-corrected chi connectivity index (χ0v) is 18.9. The molecule has 0 bridgehead atoms. The first kappa shape index (κ1) is 22.0. The highest BCUT2D eigenvalue weighted by atomic mass is 35.5. The van der Waals surface area contributed by atoms with E-state index in [-0.39, 0.29) is 29.2 Å². The van der Waals surface area contributed by atoms with Crippen LogP contribution in [0.15, 0.2) is 48.5 Å². The monoisotopic (exact) mass is 481 g/mol. The molecule has 0 radical (unpaired) electrons. The minimum atomic E-state index is -0.867. The first-order valence-electron chi connectivity index (χ1n) is 10.7. The maximum absolute atomic E-state index is 14.1. The van der Waals surface area contributed by atoms with Gasteiger partial charge in [0.15, 0.2) is 0 Å². The van der Waals surface area contributed by atoms with E-state index in [1.165, 1.54) is 35.9 Å². The van der Waals surface area contributed by atoms with Crippen molar-refractivity contribution < 1.29 is 18.8 Å². The second-order valence-corrected chi connectivity index (χ2v) is 8.62. The molecule has 34 heavy (non-hydrogen) atoms. The summed E-state index contributed by atoms with van der Waals surface area (Å²) in [5.41, 5.74) is 3.44. The largest absolute Gasteiger partial charge is 0.354 e. The molecule has 3 aromatic rings. The van der Waals surface area contributed by atoms with E-state index in [1.807, 2.05) is 24.3 Å². The molecule has 3 N–H and O–H groups in total. The lowest BCUT2D eigenvalue weighted by molar-refractivity contribution is -0.123. The molecular formula is C24H21ClFN5O3. The van der Waals surface area contributed by atoms with Gasteiger partial charge in [-0.15, -0.1) is 0 Å². The lowest BCUT2D eigenvalue weighted by atomic mass is 10.0. The summed E-state index contributed by atoms with van der Waals surface area (Å²) in [6, 6.07) is 12.0. The third-order valence-electron chi connectivity index (χ3n) is 6.12. The summed E-state index contributed by atoms with van der Waals surface area (Å²) in [5, 5.41) is 8.51. The van der Waals surface area contributed by atoms with Crippen LogP contribution in [0.5, 0.6) is 0 Å². The molecule has 10 heteroatoms. The number of anilines is 1. The molecule has 1 aromatic heterocycles. The van der Waals surface area contributed by atoms with Crippen LogP contribution < -0.4 is 16.0 Å². The molecule has 0 saturated heterocycles. The summed E-state index contributed by atoms with van der Waals surface area (Å²) in [6.07, 6.45) is 0. The van der Waals surface area contributed by atoms with E-state index in [4.69, 9.17) is 11.6 Å². The van der Waals surface area contributed by atoms with Crippen LogP contribution in [0.2, 0.25) is 5.02 Å². The Kier molecular flexibility index (Phi) is 5.49. The van der Waals surface area contributed by atoms with Gasteiger partial charge in [-0.1, -0.05) is 35.9 Å². The minimum absolute atomic E-state index is 0.132. The van der Waals surface area contributed by atoms with Crippen molar-refractivity contribution in [3.05, 3.63) is 87.4 Å². The van der Waals surface area contributed by atoms with Crippen LogP contribution in [-0.2, 0) is 24.4 Å². The SMILES string of the molecule is CNC(=O)c1cc(NC(=O)N2Cc3ccccc3C2)c2n1CC(=O)NC2c1cc(F)ccc1Cl. The van der Waals surface area contributed by atoms with E-state index in [2.05, 4.69) is 16.0 Å². The fourth-order valence-corrected chi connectivity index (χ4v) is 4.74. The lowest BCUT2D eigenvalue weighted by Gasteiger charge is -2.29. The highest BCUT2D eigenvalue weighted by molar-refractivity contribution is 6.31. The third-order valence-corrected chi connectivity index (χ3v) is 6.46. The number of carbonyl (C=O) groups is 3. The Labute approximate surface area is 199 Å². The number of rotatable bonds is 3. The second kappa shape index (κ2) is 8.49. The molecular weight excluding hydrogens is 461 g/mol. The number of carbonyl (C=O) groups excluding carboxylic acids is 3. The van der Waals surface area contributed by atoms with Gasteiger partial charge in [0.2, 0.25) is 5.91 Å². The van der Waals surface area contributed by atoms with E-state index in [0.29, 0.717) is 30.0 Å². The van der Waals surface area contributed by atoms with Crippen molar-refractivity contribution in [3.63, 3.8) is 0 Å². The zero-order chi connectivity index (χ0) is 24.0.